The van der Waals surface area contributed by atoms with Crippen LogP contribution in [0.15, 0.2) is 23.8 Å². The summed E-state index contributed by atoms with van der Waals surface area (Å²) >= 11 is 5.33. The van der Waals surface area contributed by atoms with E-state index in [2.05, 4.69) is 4.84 Å². The van der Waals surface area contributed by atoms with Gasteiger partial charge in [0.05, 0.1) is 18.1 Å². The molecule has 0 spiro atoms. The van der Waals surface area contributed by atoms with Crippen molar-refractivity contribution in [3.8, 4) is 0 Å². The number of allylic oxidation sites excluding steroid dienone is 4. The van der Waals surface area contributed by atoms with Crippen molar-refractivity contribution in [3.05, 3.63) is 23.8 Å². The van der Waals surface area contributed by atoms with Gasteiger partial charge >= 0.3 is 11.4 Å². The highest BCUT2D eigenvalue weighted by Gasteiger charge is 2.77. The number of ether oxygens (including phenoxy) is 2. The van der Waals surface area contributed by atoms with Crippen molar-refractivity contribution >= 4 is 34.6 Å². The maximum Gasteiger partial charge on any atom is 0.404 e. The second kappa shape index (κ2) is 11.1. The number of Topliss-reactive ketones (excluding diaryl/α,β-unsaturated/α-hetero) is 1. The molecule has 3 saturated carbocycles. The predicted octanol–water partition coefficient (Wildman–Crippen LogP) is 3.87. The first kappa shape index (κ1) is 31.7. The van der Waals surface area contributed by atoms with Crippen molar-refractivity contribution in [2.45, 2.75) is 77.2 Å². The summed E-state index contributed by atoms with van der Waals surface area (Å²) in [6, 6.07) is 0. The molecular weight excluding hydrogens is 565 g/mol. The van der Waals surface area contributed by atoms with E-state index < -0.39 is 75.1 Å². The molecule has 11 nitrogen and oxygen atoms in total. The second-order valence-corrected chi connectivity index (χ2v) is 12.6. The summed E-state index contributed by atoms with van der Waals surface area (Å²) in [6.07, 6.45) is 2.82. The van der Waals surface area contributed by atoms with E-state index in [4.69, 9.17) is 31.5 Å². The molecule has 0 aromatic carbocycles. The van der Waals surface area contributed by atoms with E-state index >= 15 is 4.39 Å². The molecule has 4 rings (SSSR count). The smallest absolute Gasteiger partial charge is 0.404 e. The van der Waals surface area contributed by atoms with Gasteiger partial charge < -0.3 is 14.6 Å². The summed E-state index contributed by atoms with van der Waals surface area (Å²) in [5.41, 5.74) is -7.18. The molecule has 3 fully saturated rings. The SMILES string of the molecule is C[C@@H]1CC2C3C[C@H](C)C4=CC(=O)C=C[C@]4(C)[C@@]3(F)[C@@H](O)C[C@]2(C)[C@@]1(OC(=O)CCCON(O)O)C(=O)COC(=O)Cl. The summed E-state index contributed by atoms with van der Waals surface area (Å²) in [4.78, 5) is 55.1. The molecule has 0 heterocycles. The van der Waals surface area contributed by atoms with E-state index in [9.17, 15) is 24.3 Å². The number of carbonyl (C=O) groups is 4. The van der Waals surface area contributed by atoms with Gasteiger partial charge in [0, 0.05) is 40.7 Å². The third kappa shape index (κ3) is 4.86. The zero-order valence-corrected chi connectivity index (χ0v) is 24.2. The number of rotatable bonds is 9. The number of nitrogens with zero attached hydrogens (tertiary/aromatic N) is 1. The minimum atomic E-state index is -2.17. The zero-order valence-electron chi connectivity index (χ0n) is 23.5. The van der Waals surface area contributed by atoms with E-state index in [0.717, 1.165) is 0 Å². The Bertz CT molecular complexity index is 1180. The fourth-order valence-electron chi connectivity index (χ4n) is 8.61. The summed E-state index contributed by atoms with van der Waals surface area (Å²) in [6.45, 7) is 5.98. The van der Waals surface area contributed by atoms with Gasteiger partial charge in [0.1, 0.15) is 0 Å². The van der Waals surface area contributed by atoms with Gasteiger partial charge in [-0.2, -0.15) is 0 Å². The number of hydrogen-bond acceptors (Lipinski definition) is 11. The Morgan fingerprint density at radius 3 is 2.49 bits per heavy atom. The first-order valence-corrected chi connectivity index (χ1v) is 14.1. The van der Waals surface area contributed by atoms with Gasteiger partial charge in [0.2, 0.25) is 5.78 Å². The van der Waals surface area contributed by atoms with Crippen LogP contribution in [-0.2, 0) is 28.7 Å². The number of aliphatic hydroxyl groups is 1. The Kier molecular flexibility index (Phi) is 8.60. The summed E-state index contributed by atoms with van der Waals surface area (Å²) < 4.78 is 28.4. The highest BCUT2D eigenvalue weighted by Crippen LogP contribution is 2.72. The molecule has 0 amide bonds. The number of carbonyl (C=O) groups excluding carboxylic acids is 4. The van der Waals surface area contributed by atoms with Crippen LogP contribution in [0.25, 0.3) is 0 Å². The lowest BCUT2D eigenvalue weighted by atomic mass is 9.43. The van der Waals surface area contributed by atoms with Gasteiger partial charge in [0.25, 0.3) is 0 Å². The van der Waals surface area contributed by atoms with Gasteiger partial charge in [-0.05, 0) is 56.6 Å². The van der Waals surface area contributed by atoms with Crippen LogP contribution in [0, 0.1) is 34.5 Å². The fourth-order valence-corrected chi connectivity index (χ4v) is 8.67. The third-order valence-corrected chi connectivity index (χ3v) is 10.4. The Morgan fingerprint density at radius 2 is 1.85 bits per heavy atom. The van der Waals surface area contributed by atoms with E-state index in [-0.39, 0.29) is 44.0 Å². The van der Waals surface area contributed by atoms with E-state index in [1.54, 1.807) is 20.8 Å². The molecular formula is C28H37ClFNO10. The van der Waals surface area contributed by atoms with Crippen LogP contribution in [0.1, 0.15) is 59.8 Å². The molecule has 0 aromatic rings. The first-order chi connectivity index (χ1) is 19.0. The Morgan fingerprint density at radius 1 is 1.17 bits per heavy atom. The van der Waals surface area contributed by atoms with E-state index in [0.29, 0.717) is 12.0 Å². The molecule has 0 bridgehead atoms. The third-order valence-electron chi connectivity index (χ3n) is 10.2. The Balaban J connectivity index is 1.75. The lowest BCUT2D eigenvalue weighted by Crippen LogP contribution is -2.70. The van der Waals surface area contributed by atoms with Crippen LogP contribution in [0.4, 0.5) is 9.18 Å². The fraction of sp³-hybridized carbons (Fsp3) is 0.714. The molecule has 0 aromatic heterocycles. The quantitative estimate of drug-likeness (QED) is 0.152. The van der Waals surface area contributed by atoms with Crippen LogP contribution in [0.2, 0.25) is 0 Å². The zero-order chi connectivity index (χ0) is 30.5. The topological polar surface area (TPSA) is 160 Å². The van der Waals surface area contributed by atoms with Crippen LogP contribution < -0.4 is 0 Å². The maximum atomic E-state index is 17.6. The van der Waals surface area contributed by atoms with Crippen LogP contribution in [-0.4, -0.2) is 74.5 Å². The number of halogens is 2. The minimum Gasteiger partial charge on any atom is -0.450 e. The highest BCUT2D eigenvalue weighted by atomic mass is 35.5. The van der Waals surface area contributed by atoms with Crippen LogP contribution in [0.3, 0.4) is 0 Å². The van der Waals surface area contributed by atoms with Crippen molar-refractivity contribution in [1.82, 2.24) is 5.39 Å². The molecule has 4 aliphatic rings. The van der Waals surface area contributed by atoms with Gasteiger partial charge in [-0.25, -0.2) is 9.18 Å². The number of hydrogen-bond donors (Lipinski definition) is 3. The second-order valence-electron chi connectivity index (χ2n) is 12.3. The van der Waals surface area contributed by atoms with Gasteiger partial charge in [-0.3, -0.25) is 29.6 Å². The van der Waals surface area contributed by atoms with E-state index in [1.807, 2.05) is 6.92 Å². The summed E-state index contributed by atoms with van der Waals surface area (Å²) in [7, 11) is 0. The lowest BCUT2D eigenvalue weighted by molar-refractivity contribution is -0.492. The van der Waals surface area contributed by atoms with Crippen LogP contribution >= 0.6 is 11.6 Å². The van der Waals surface area contributed by atoms with Crippen molar-refractivity contribution in [1.29, 1.82) is 0 Å². The summed E-state index contributed by atoms with van der Waals surface area (Å²) in [5, 5.41) is 28.6. The monoisotopic (exact) mass is 601 g/mol. The van der Waals surface area contributed by atoms with Crippen molar-refractivity contribution in [2.75, 3.05) is 13.2 Å². The first-order valence-electron chi connectivity index (χ1n) is 13.7. The number of fused-ring (bicyclic) bond motifs is 5. The average molecular weight is 602 g/mol. The molecule has 228 valence electrons. The lowest BCUT2D eigenvalue weighted by Gasteiger charge is -2.63. The van der Waals surface area contributed by atoms with Gasteiger partial charge in [-0.1, -0.05) is 32.4 Å². The highest BCUT2D eigenvalue weighted by molar-refractivity contribution is 6.61. The number of esters is 1. The standard InChI is InChI=1S/C28H37ClFNO10/c1-15-10-20-19-11-16(2)28(22(34)14-39-24(29)36,41-23(35)6-5-9-40-31(37)38)26(19,4)13-21(33)27(20,30)25(3)8-7-17(32)12-18(15)25/h7-8,12,15-16,19-21,33,37-38H,5-6,9-11,13-14H2,1-4H3/t15-,16+,19?,20?,21-,25-,26-,27-,28-/m0/s1. The molecule has 4 aliphatic carbocycles. The Labute approximate surface area is 242 Å². The van der Waals surface area contributed by atoms with Gasteiger partial charge in [-0.15, -0.1) is 0 Å². The maximum absolute atomic E-state index is 17.6. The predicted molar refractivity (Wildman–Crippen MR) is 139 cm³/mol. The molecule has 41 heavy (non-hydrogen) atoms. The van der Waals surface area contributed by atoms with Crippen molar-refractivity contribution < 1.29 is 53.4 Å². The number of aliphatic hydroxyl groups excluding tert-OH is 1. The summed E-state index contributed by atoms with van der Waals surface area (Å²) in [5.74, 6) is -3.91. The molecule has 9 atom stereocenters. The van der Waals surface area contributed by atoms with Crippen molar-refractivity contribution in [3.63, 3.8) is 0 Å². The molecule has 13 heteroatoms. The number of alkyl halides is 1. The minimum absolute atomic E-state index is 0.0147. The van der Waals surface area contributed by atoms with Crippen molar-refractivity contribution in [2.24, 2.45) is 34.5 Å². The molecule has 2 unspecified atom stereocenters. The van der Waals surface area contributed by atoms with Gasteiger partial charge in [0.15, 0.2) is 23.7 Å². The molecule has 0 aliphatic heterocycles. The van der Waals surface area contributed by atoms with E-state index in [1.165, 1.54) is 18.2 Å². The normalized spacial score (nSPS) is 41.3. The number of ketones is 2. The average Bonchev–Trinajstić information content (AvgIpc) is 3.10. The van der Waals surface area contributed by atoms with Crippen LogP contribution in [0.5, 0.6) is 0 Å². The Hall–Kier alpha value is -2.22. The molecule has 0 saturated heterocycles. The molecule has 3 N–H and O–H groups in total. The largest absolute Gasteiger partial charge is 0.450 e. The molecule has 0 radical (unpaired) electrons.